The quantitative estimate of drug-likeness (QED) is 0.814. The zero-order chi connectivity index (χ0) is 11.5. The standard InChI is InChI=1S/C11H13N5/c1-16(2)11-14-9(13-10(12)15-11)8-6-4-3-5-7-8/h3-7H,1-2H3,(H2,12,13,14,15). The first-order valence-electron chi connectivity index (χ1n) is 4.91. The smallest absolute Gasteiger partial charge is 0.230 e. The molecule has 2 N–H and O–H groups in total. The van der Waals surface area contributed by atoms with E-state index in [4.69, 9.17) is 5.73 Å². The molecule has 0 aliphatic carbocycles. The average molecular weight is 215 g/mol. The number of anilines is 2. The molecule has 0 aliphatic rings. The number of nitrogens with zero attached hydrogens (tertiary/aromatic N) is 4. The molecule has 0 saturated heterocycles. The number of nitrogens with two attached hydrogens (primary N) is 1. The van der Waals surface area contributed by atoms with Gasteiger partial charge in [-0.25, -0.2) is 0 Å². The molecule has 1 aromatic heterocycles. The van der Waals surface area contributed by atoms with E-state index in [1.807, 2.05) is 44.4 Å². The number of rotatable bonds is 2. The average Bonchev–Trinajstić information content (AvgIpc) is 2.29. The van der Waals surface area contributed by atoms with Crippen molar-refractivity contribution in [3.63, 3.8) is 0 Å². The molecule has 2 rings (SSSR count). The van der Waals surface area contributed by atoms with Gasteiger partial charge < -0.3 is 10.6 Å². The maximum Gasteiger partial charge on any atom is 0.230 e. The summed E-state index contributed by atoms with van der Waals surface area (Å²) in [4.78, 5) is 14.3. The molecule has 2 aromatic rings. The SMILES string of the molecule is CN(C)c1nc(N)nc(-c2ccccc2)n1. The molecule has 16 heavy (non-hydrogen) atoms. The van der Waals surface area contributed by atoms with Gasteiger partial charge in [-0.3, -0.25) is 0 Å². The predicted molar refractivity (Wildman–Crippen MR) is 64.0 cm³/mol. The van der Waals surface area contributed by atoms with Crippen LogP contribution in [0.2, 0.25) is 0 Å². The van der Waals surface area contributed by atoms with Crippen molar-refractivity contribution in [3.05, 3.63) is 30.3 Å². The summed E-state index contributed by atoms with van der Waals surface area (Å²) >= 11 is 0. The Morgan fingerprint density at radius 2 is 1.69 bits per heavy atom. The summed E-state index contributed by atoms with van der Waals surface area (Å²) in [5.41, 5.74) is 6.58. The fourth-order valence-electron chi connectivity index (χ4n) is 1.30. The maximum absolute atomic E-state index is 5.65. The van der Waals surface area contributed by atoms with Crippen LogP contribution in [0.1, 0.15) is 0 Å². The molecular weight excluding hydrogens is 202 g/mol. The van der Waals surface area contributed by atoms with Gasteiger partial charge in [-0.2, -0.15) is 15.0 Å². The highest BCUT2D eigenvalue weighted by Gasteiger charge is 2.07. The highest BCUT2D eigenvalue weighted by molar-refractivity contribution is 5.57. The number of benzene rings is 1. The first-order valence-corrected chi connectivity index (χ1v) is 4.91. The van der Waals surface area contributed by atoms with Gasteiger partial charge in [0.05, 0.1) is 0 Å². The van der Waals surface area contributed by atoms with Crippen LogP contribution in [0, 0.1) is 0 Å². The molecule has 0 aliphatic heterocycles. The van der Waals surface area contributed by atoms with Crippen molar-refractivity contribution >= 4 is 11.9 Å². The van der Waals surface area contributed by atoms with E-state index in [1.165, 1.54) is 0 Å². The topological polar surface area (TPSA) is 67.9 Å². The molecule has 1 heterocycles. The van der Waals surface area contributed by atoms with E-state index in [2.05, 4.69) is 15.0 Å². The number of aromatic nitrogens is 3. The minimum Gasteiger partial charge on any atom is -0.368 e. The van der Waals surface area contributed by atoms with Gasteiger partial charge in [0.2, 0.25) is 11.9 Å². The Labute approximate surface area is 94.0 Å². The van der Waals surface area contributed by atoms with Crippen molar-refractivity contribution in [1.29, 1.82) is 0 Å². The van der Waals surface area contributed by atoms with Gasteiger partial charge in [0, 0.05) is 19.7 Å². The molecule has 5 nitrogen and oxygen atoms in total. The monoisotopic (exact) mass is 215 g/mol. The molecule has 0 saturated carbocycles. The van der Waals surface area contributed by atoms with Crippen LogP contribution in [0.4, 0.5) is 11.9 Å². The molecule has 0 radical (unpaired) electrons. The first-order chi connectivity index (χ1) is 7.66. The van der Waals surface area contributed by atoms with Crippen molar-refractivity contribution in [1.82, 2.24) is 15.0 Å². The van der Waals surface area contributed by atoms with E-state index in [0.717, 1.165) is 5.56 Å². The van der Waals surface area contributed by atoms with Crippen LogP contribution in [-0.2, 0) is 0 Å². The van der Waals surface area contributed by atoms with Gasteiger partial charge in [0.15, 0.2) is 5.82 Å². The summed E-state index contributed by atoms with van der Waals surface area (Å²) in [7, 11) is 3.73. The van der Waals surface area contributed by atoms with Crippen LogP contribution >= 0.6 is 0 Å². The van der Waals surface area contributed by atoms with E-state index >= 15 is 0 Å². The van der Waals surface area contributed by atoms with Gasteiger partial charge in [-0.1, -0.05) is 30.3 Å². The third-order valence-corrected chi connectivity index (χ3v) is 2.07. The minimum atomic E-state index is 0.234. The molecule has 82 valence electrons. The molecule has 0 fully saturated rings. The molecule has 1 aromatic carbocycles. The molecule has 0 amide bonds. The fraction of sp³-hybridized carbons (Fsp3) is 0.182. The van der Waals surface area contributed by atoms with E-state index in [9.17, 15) is 0 Å². The molecule has 0 spiro atoms. The summed E-state index contributed by atoms with van der Waals surface area (Å²) in [6, 6.07) is 9.69. The highest BCUT2D eigenvalue weighted by Crippen LogP contribution is 2.16. The van der Waals surface area contributed by atoms with Crippen LogP contribution in [0.15, 0.2) is 30.3 Å². The van der Waals surface area contributed by atoms with Crippen molar-refractivity contribution in [3.8, 4) is 11.4 Å². The molecule has 5 heteroatoms. The van der Waals surface area contributed by atoms with Gasteiger partial charge in [-0.15, -0.1) is 0 Å². The van der Waals surface area contributed by atoms with Crippen LogP contribution in [-0.4, -0.2) is 29.0 Å². The highest BCUT2D eigenvalue weighted by atomic mass is 15.3. The van der Waals surface area contributed by atoms with Gasteiger partial charge in [-0.05, 0) is 0 Å². The molecule has 0 bridgehead atoms. The second kappa shape index (κ2) is 4.14. The van der Waals surface area contributed by atoms with E-state index in [-0.39, 0.29) is 5.95 Å². The third kappa shape index (κ3) is 2.08. The Bertz CT molecular complexity index is 481. The maximum atomic E-state index is 5.65. The lowest BCUT2D eigenvalue weighted by molar-refractivity contribution is 0.970. The Balaban J connectivity index is 2.50. The van der Waals surface area contributed by atoms with Crippen LogP contribution in [0.5, 0.6) is 0 Å². The summed E-state index contributed by atoms with van der Waals surface area (Å²) in [6.07, 6.45) is 0. The Morgan fingerprint density at radius 1 is 1.00 bits per heavy atom. The summed E-state index contributed by atoms with van der Waals surface area (Å²) in [5, 5.41) is 0. The van der Waals surface area contributed by atoms with E-state index in [1.54, 1.807) is 4.90 Å². The lowest BCUT2D eigenvalue weighted by Crippen LogP contribution is -2.15. The zero-order valence-electron chi connectivity index (χ0n) is 9.25. The van der Waals surface area contributed by atoms with Crippen molar-refractivity contribution in [2.45, 2.75) is 0 Å². The zero-order valence-corrected chi connectivity index (χ0v) is 9.25. The molecular formula is C11H13N5. The minimum absolute atomic E-state index is 0.234. The van der Waals surface area contributed by atoms with Crippen molar-refractivity contribution in [2.24, 2.45) is 0 Å². The lowest BCUT2D eigenvalue weighted by Gasteiger charge is -2.11. The molecule has 0 atom stereocenters. The normalized spacial score (nSPS) is 10.1. The van der Waals surface area contributed by atoms with Crippen molar-refractivity contribution in [2.75, 3.05) is 24.7 Å². The second-order valence-electron chi connectivity index (χ2n) is 3.58. The van der Waals surface area contributed by atoms with E-state index in [0.29, 0.717) is 11.8 Å². The summed E-state index contributed by atoms with van der Waals surface area (Å²) in [6.45, 7) is 0. The second-order valence-corrected chi connectivity index (χ2v) is 3.58. The Morgan fingerprint density at radius 3 is 2.31 bits per heavy atom. The Hall–Kier alpha value is -2.17. The van der Waals surface area contributed by atoms with Crippen LogP contribution in [0.3, 0.4) is 0 Å². The van der Waals surface area contributed by atoms with Crippen molar-refractivity contribution < 1.29 is 0 Å². The van der Waals surface area contributed by atoms with Gasteiger partial charge >= 0.3 is 0 Å². The molecule has 0 unspecified atom stereocenters. The number of hydrogen-bond acceptors (Lipinski definition) is 5. The van der Waals surface area contributed by atoms with Crippen LogP contribution < -0.4 is 10.6 Å². The lowest BCUT2D eigenvalue weighted by atomic mass is 10.2. The number of nitrogen functional groups attached to an aromatic ring is 1. The number of hydrogen-bond donors (Lipinski definition) is 1. The Kier molecular flexibility index (Phi) is 2.68. The third-order valence-electron chi connectivity index (χ3n) is 2.07. The van der Waals surface area contributed by atoms with Gasteiger partial charge in [0.25, 0.3) is 0 Å². The largest absolute Gasteiger partial charge is 0.368 e. The predicted octanol–water partition coefficient (Wildman–Crippen LogP) is 1.19. The first kappa shape index (κ1) is 10.4. The van der Waals surface area contributed by atoms with E-state index < -0.39 is 0 Å². The summed E-state index contributed by atoms with van der Waals surface area (Å²) < 4.78 is 0. The van der Waals surface area contributed by atoms with Crippen LogP contribution in [0.25, 0.3) is 11.4 Å². The van der Waals surface area contributed by atoms with Gasteiger partial charge in [0.1, 0.15) is 0 Å². The summed E-state index contributed by atoms with van der Waals surface area (Å²) in [5.74, 6) is 1.39. The fourth-order valence-corrected chi connectivity index (χ4v) is 1.30.